The van der Waals surface area contributed by atoms with Crippen LogP contribution in [0.25, 0.3) is 0 Å². The van der Waals surface area contributed by atoms with Crippen LogP contribution in [0.2, 0.25) is 0 Å². The van der Waals surface area contributed by atoms with Crippen LogP contribution in [0.1, 0.15) is 80.6 Å². The molecule has 33 heavy (non-hydrogen) atoms. The van der Waals surface area contributed by atoms with Gasteiger partial charge in [-0.25, -0.2) is 4.79 Å². The van der Waals surface area contributed by atoms with E-state index in [1.807, 2.05) is 34.6 Å². The van der Waals surface area contributed by atoms with E-state index < -0.39 is 29.4 Å². The van der Waals surface area contributed by atoms with Gasteiger partial charge in [-0.2, -0.15) is 0 Å². The van der Waals surface area contributed by atoms with Crippen LogP contribution in [0.5, 0.6) is 0 Å². The molecular weight excluding hydrogens is 428 g/mol. The molecule has 0 aliphatic heterocycles. The van der Waals surface area contributed by atoms with Crippen molar-refractivity contribution in [3.05, 3.63) is 5.21 Å². The van der Waals surface area contributed by atoms with E-state index >= 15 is 0 Å². The maximum absolute atomic E-state index is 12.9. The second-order valence-corrected chi connectivity index (χ2v) is 10.7. The number of nitrogens with one attached hydrogen (secondary N) is 1. The first kappa shape index (κ1) is 28.6. The third kappa shape index (κ3) is 8.81. The van der Waals surface area contributed by atoms with Crippen LogP contribution in [0, 0.1) is 28.9 Å². The number of carboxylic acid groups (broad SMARTS) is 1. The van der Waals surface area contributed by atoms with Crippen molar-refractivity contribution < 1.29 is 29.3 Å². The highest BCUT2D eigenvalue weighted by Crippen LogP contribution is 2.30. The fourth-order valence-electron chi connectivity index (χ4n) is 3.70. The highest BCUT2D eigenvalue weighted by molar-refractivity contribution is 5.90. The van der Waals surface area contributed by atoms with Crippen LogP contribution < -0.4 is 5.32 Å². The van der Waals surface area contributed by atoms with Gasteiger partial charge in [0.05, 0.1) is 17.6 Å². The monoisotopic (exact) mass is 470 g/mol. The van der Waals surface area contributed by atoms with Crippen LogP contribution in [0.3, 0.4) is 0 Å². The number of carboxylic acids is 1. The average Bonchev–Trinajstić information content (AvgIpc) is 2.72. The van der Waals surface area contributed by atoms with Crippen molar-refractivity contribution in [2.45, 2.75) is 98.3 Å². The van der Waals surface area contributed by atoms with E-state index in [0.717, 1.165) is 0 Å². The predicted octanol–water partition coefficient (Wildman–Crippen LogP) is 3.54. The van der Waals surface area contributed by atoms with E-state index in [4.69, 9.17) is 4.84 Å². The van der Waals surface area contributed by atoms with Gasteiger partial charge in [0.15, 0.2) is 0 Å². The van der Waals surface area contributed by atoms with Crippen molar-refractivity contribution in [3.8, 4) is 0 Å². The fraction of sp³-hybridized carbons (Fsp3) is 0.870. The minimum absolute atomic E-state index is 0.00794. The number of carbonyl (C=O) groups excluding carboxylic acids is 2. The molecule has 0 spiro atoms. The summed E-state index contributed by atoms with van der Waals surface area (Å²) < 4.78 is 0. The number of aliphatic carboxylic acids is 1. The summed E-state index contributed by atoms with van der Waals surface area (Å²) in [5.74, 6) is -2.59. The summed E-state index contributed by atoms with van der Waals surface area (Å²) in [7, 11) is 1.64. The number of rotatable bonds is 11. The topological polar surface area (TPSA) is 134 Å². The minimum atomic E-state index is -1.08. The molecule has 0 aromatic carbocycles. The molecule has 1 aliphatic rings. The van der Waals surface area contributed by atoms with Gasteiger partial charge in [0.1, 0.15) is 17.9 Å². The van der Waals surface area contributed by atoms with Crippen LogP contribution in [-0.2, 0) is 19.2 Å². The molecule has 0 aromatic rings. The second-order valence-electron chi connectivity index (χ2n) is 10.7. The molecule has 1 saturated carbocycles. The standard InChI is InChI=1S/C23H42N4O6/c1-14(2)18(21(29)24-20(15(3)4)22(30)31)13-19(28)16-9-11-17(12-10-16)33-25-27(32)26(8)23(5,6)7/h14-18,20H,9-13H2,1-8H3,(H,24,29)(H,30,31)/b27-25-. The zero-order valence-electron chi connectivity index (χ0n) is 21.3. The summed E-state index contributed by atoms with van der Waals surface area (Å²) in [6.07, 6.45) is 2.25. The van der Waals surface area contributed by atoms with Crippen LogP contribution >= 0.6 is 0 Å². The maximum Gasteiger partial charge on any atom is 0.326 e. The molecule has 2 atom stereocenters. The van der Waals surface area contributed by atoms with E-state index in [0.29, 0.717) is 30.7 Å². The Balaban J connectivity index is 2.64. The molecule has 0 heterocycles. The third-order valence-corrected chi connectivity index (χ3v) is 6.42. The first-order valence-electron chi connectivity index (χ1n) is 11.8. The molecule has 190 valence electrons. The SMILES string of the molecule is CC(C)C(CC(=O)C1CCC(O/N=[N+](\[O-])N(C)C(C)(C)C)CC1)C(=O)NC(C(=O)O)C(C)C. The van der Waals surface area contributed by atoms with Gasteiger partial charge in [0.25, 0.3) is 0 Å². The number of Topliss-reactive ketones (excluding diaryl/α,β-unsaturated/α-hetero) is 1. The van der Waals surface area contributed by atoms with E-state index in [2.05, 4.69) is 10.6 Å². The molecule has 0 bridgehead atoms. The van der Waals surface area contributed by atoms with Gasteiger partial charge in [0.2, 0.25) is 11.2 Å². The number of ketones is 1. The van der Waals surface area contributed by atoms with Crippen molar-refractivity contribution in [3.63, 3.8) is 0 Å². The van der Waals surface area contributed by atoms with E-state index in [1.165, 1.54) is 5.01 Å². The zero-order chi connectivity index (χ0) is 25.5. The number of carbonyl (C=O) groups is 3. The lowest BCUT2D eigenvalue weighted by Gasteiger charge is -2.29. The van der Waals surface area contributed by atoms with Gasteiger partial charge >= 0.3 is 5.97 Å². The Kier molecular flexibility index (Phi) is 10.6. The Hall–Kier alpha value is -2.39. The summed E-state index contributed by atoms with van der Waals surface area (Å²) in [6.45, 7) is 12.8. The average molecular weight is 471 g/mol. The Bertz CT molecular complexity index is 708. The molecule has 10 heteroatoms. The summed E-state index contributed by atoms with van der Waals surface area (Å²) >= 11 is 0. The molecule has 0 radical (unpaired) electrons. The molecule has 0 aromatic heterocycles. The van der Waals surface area contributed by atoms with Crippen molar-refractivity contribution in [2.24, 2.45) is 28.9 Å². The van der Waals surface area contributed by atoms with E-state index in [1.54, 1.807) is 20.9 Å². The predicted molar refractivity (Wildman–Crippen MR) is 123 cm³/mol. The highest BCUT2D eigenvalue weighted by atomic mass is 16.7. The molecule has 1 aliphatic carbocycles. The van der Waals surface area contributed by atoms with E-state index in [9.17, 15) is 24.7 Å². The smallest absolute Gasteiger partial charge is 0.326 e. The Labute approximate surface area is 197 Å². The molecular formula is C23H42N4O6. The van der Waals surface area contributed by atoms with Crippen LogP contribution in [-0.4, -0.2) is 57.5 Å². The molecule has 1 fully saturated rings. The number of hydrogen-bond donors (Lipinski definition) is 2. The quantitative estimate of drug-likeness (QED) is 0.268. The van der Waals surface area contributed by atoms with Gasteiger partial charge in [-0.1, -0.05) is 27.7 Å². The van der Waals surface area contributed by atoms with Crippen molar-refractivity contribution >= 4 is 17.7 Å². The Morgan fingerprint density at radius 3 is 2.09 bits per heavy atom. The van der Waals surface area contributed by atoms with E-state index in [-0.39, 0.29) is 36.1 Å². The summed E-state index contributed by atoms with van der Waals surface area (Å²) in [5, 5.41) is 29.1. The summed E-state index contributed by atoms with van der Waals surface area (Å²) in [6, 6.07) is -0.983. The Morgan fingerprint density at radius 2 is 1.67 bits per heavy atom. The summed E-state index contributed by atoms with van der Waals surface area (Å²) in [5.41, 5.74) is -0.391. The molecule has 2 unspecified atom stereocenters. The number of hydrazine groups is 1. The van der Waals surface area contributed by atoms with Gasteiger partial charge in [-0.05, 0) is 58.3 Å². The second kappa shape index (κ2) is 12.2. The van der Waals surface area contributed by atoms with Crippen molar-refractivity contribution in [1.82, 2.24) is 10.3 Å². The molecule has 0 saturated heterocycles. The van der Waals surface area contributed by atoms with Gasteiger partial charge < -0.3 is 20.5 Å². The Morgan fingerprint density at radius 1 is 1.12 bits per heavy atom. The van der Waals surface area contributed by atoms with Gasteiger partial charge in [-0.3, -0.25) is 9.59 Å². The third-order valence-electron chi connectivity index (χ3n) is 6.42. The van der Waals surface area contributed by atoms with Gasteiger partial charge in [0, 0.05) is 18.3 Å². The van der Waals surface area contributed by atoms with Gasteiger partial charge in [-0.15, -0.1) is 5.01 Å². The minimum Gasteiger partial charge on any atom is -0.569 e. The first-order valence-corrected chi connectivity index (χ1v) is 11.8. The lowest BCUT2D eigenvalue weighted by atomic mass is 9.79. The molecule has 1 amide bonds. The summed E-state index contributed by atoms with van der Waals surface area (Å²) in [4.78, 5) is 42.9. The van der Waals surface area contributed by atoms with Crippen LogP contribution in [0.4, 0.5) is 0 Å². The van der Waals surface area contributed by atoms with Crippen LogP contribution in [0.15, 0.2) is 5.28 Å². The number of amides is 1. The van der Waals surface area contributed by atoms with Crippen molar-refractivity contribution in [2.75, 3.05) is 7.05 Å². The maximum atomic E-state index is 12.9. The molecule has 2 N–H and O–H groups in total. The first-order chi connectivity index (χ1) is 15.1. The fourth-order valence-corrected chi connectivity index (χ4v) is 3.70. The number of nitrogens with zero attached hydrogens (tertiary/aromatic N) is 3. The normalized spacial score (nSPS) is 21.5. The lowest BCUT2D eigenvalue weighted by Crippen LogP contribution is -2.48. The molecule has 10 nitrogen and oxygen atoms in total. The zero-order valence-corrected chi connectivity index (χ0v) is 21.3. The number of hydrogen-bond acceptors (Lipinski definition) is 6. The largest absolute Gasteiger partial charge is 0.569 e. The highest BCUT2D eigenvalue weighted by Gasteiger charge is 2.34. The van der Waals surface area contributed by atoms with Crippen molar-refractivity contribution in [1.29, 1.82) is 0 Å². The lowest BCUT2D eigenvalue weighted by molar-refractivity contribution is -0.720. The molecule has 1 rings (SSSR count).